The molecular formula is C29H29F3N6O3. The van der Waals surface area contributed by atoms with Crippen LogP contribution in [0.5, 0.6) is 0 Å². The fraction of sp³-hybridized carbons (Fsp3) is 0.345. The minimum Gasteiger partial charge on any atom is -0.475 e. The van der Waals surface area contributed by atoms with Gasteiger partial charge in [0.15, 0.2) is 0 Å². The topological polar surface area (TPSA) is 116 Å². The third kappa shape index (κ3) is 7.72. The lowest BCUT2D eigenvalue weighted by atomic mass is 9.85. The SMILES string of the molecule is O=C(O)C(F)(F)F.[C-]#[N+]c1cnc(C(=O)Nc2ccc(C3CCN(c4ccccn4)CC3)cc2C2=CCCCC2)[nH]1. The van der Waals surface area contributed by atoms with Crippen LogP contribution in [0.15, 0.2) is 54.9 Å². The number of aromatic amines is 1. The van der Waals surface area contributed by atoms with E-state index in [9.17, 15) is 18.0 Å². The fourth-order valence-electron chi connectivity index (χ4n) is 4.92. The lowest BCUT2D eigenvalue weighted by molar-refractivity contribution is -0.192. The average Bonchev–Trinajstić information content (AvgIpc) is 3.48. The number of halogens is 3. The van der Waals surface area contributed by atoms with E-state index in [4.69, 9.17) is 16.5 Å². The molecule has 3 aromatic rings. The van der Waals surface area contributed by atoms with Gasteiger partial charge in [0.1, 0.15) is 5.82 Å². The van der Waals surface area contributed by atoms with Crippen LogP contribution in [-0.4, -0.2) is 51.2 Å². The van der Waals surface area contributed by atoms with E-state index in [0.29, 0.717) is 5.92 Å². The van der Waals surface area contributed by atoms with E-state index in [1.54, 1.807) is 0 Å². The summed E-state index contributed by atoms with van der Waals surface area (Å²) in [7, 11) is 0. The number of aromatic nitrogens is 3. The number of H-pyrrole nitrogens is 1. The number of alkyl halides is 3. The number of carboxylic acid groups (broad SMARTS) is 1. The number of nitrogens with one attached hydrogen (secondary N) is 2. The molecule has 12 heteroatoms. The van der Waals surface area contributed by atoms with Crippen LogP contribution >= 0.6 is 0 Å². The van der Waals surface area contributed by atoms with Crippen molar-refractivity contribution in [1.29, 1.82) is 0 Å². The molecule has 0 bridgehead atoms. The highest BCUT2D eigenvalue weighted by Crippen LogP contribution is 2.37. The zero-order valence-electron chi connectivity index (χ0n) is 22.1. The number of pyridine rings is 1. The Balaban J connectivity index is 0.000000493. The first kappa shape index (κ1) is 29.3. The number of amides is 1. The summed E-state index contributed by atoms with van der Waals surface area (Å²) in [4.78, 5) is 38.7. The van der Waals surface area contributed by atoms with Crippen molar-refractivity contribution in [3.05, 3.63) is 83.2 Å². The number of imidazole rings is 1. The molecular weight excluding hydrogens is 537 g/mol. The van der Waals surface area contributed by atoms with E-state index in [1.165, 1.54) is 30.2 Å². The molecule has 1 amide bonds. The Morgan fingerprint density at radius 3 is 2.46 bits per heavy atom. The number of benzene rings is 1. The second-order valence-electron chi connectivity index (χ2n) is 9.72. The predicted octanol–water partition coefficient (Wildman–Crippen LogP) is 6.58. The van der Waals surface area contributed by atoms with E-state index in [-0.39, 0.29) is 17.5 Å². The molecule has 1 aliphatic heterocycles. The van der Waals surface area contributed by atoms with Crippen molar-refractivity contribution in [3.8, 4) is 0 Å². The van der Waals surface area contributed by atoms with E-state index in [1.807, 2.05) is 24.4 Å². The van der Waals surface area contributed by atoms with Crippen molar-refractivity contribution >= 4 is 34.8 Å². The van der Waals surface area contributed by atoms with Gasteiger partial charge in [-0.2, -0.15) is 13.2 Å². The van der Waals surface area contributed by atoms with Crippen LogP contribution in [0.25, 0.3) is 10.4 Å². The van der Waals surface area contributed by atoms with E-state index >= 15 is 0 Å². The molecule has 214 valence electrons. The molecule has 3 heterocycles. The van der Waals surface area contributed by atoms with Crippen LogP contribution in [0.1, 0.15) is 66.2 Å². The molecule has 1 aliphatic carbocycles. The quantitative estimate of drug-likeness (QED) is 0.301. The maximum absolute atomic E-state index is 12.8. The summed E-state index contributed by atoms with van der Waals surface area (Å²) >= 11 is 0. The molecule has 5 rings (SSSR count). The maximum atomic E-state index is 12.8. The summed E-state index contributed by atoms with van der Waals surface area (Å²) in [5, 5.41) is 10.2. The number of piperidine rings is 1. The molecule has 41 heavy (non-hydrogen) atoms. The number of anilines is 2. The number of carbonyl (C=O) groups is 2. The monoisotopic (exact) mass is 566 g/mol. The molecule has 0 spiro atoms. The van der Waals surface area contributed by atoms with E-state index in [0.717, 1.165) is 55.8 Å². The Morgan fingerprint density at radius 1 is 1.12 bits per heavy atom. The summed E-state index contributed by atoms with van der Waals surface area (Å²) in [6.45, 7) is 9.05. The second kappa shape index (κ2) is 13.1. The van der Waals surface area contributed by atoms with Crippen LogP contribution in [0.2, 0.25) is 0 Å². The van der Waals surface area contributed by atoms with E-state index < -0.39 is 12.1 Å². The molecule has 0 saturated carbocycles. The molecule has 3 N–H and O–H groups in total. The zero-order chi connectivity index (χ0) is 29.4. The van der Waals surface area contributed by atoms with Crippen molar-refractivity contribution in [2.24, 2.45) is 0 Å². The maximum Gasteiger partial charge on any atom is 0.490 e. The molecule has 1 saturated heterocycles. The van der Waals surface area contributed by atoms with Gasteiger partial charge in [-0.25, -0.2) is 14.8 Å². The van der Waals surface area contributed by atoms with Gasteiger partial charge in [-0.05, 0) is 79.8 Å². The van der Waals surface area contributed by atoms with Gasteiger partial charge in [-0.15, -0.1) is 0 Å². The minimum atomic E-state index is -5.08. The normalized spacial score (nSPS) is 15.7. The lowest BCUT2D eigenvalue weighted by Gasteiger charge is -2.33. The second-order valence-corrected chi connectivity index (χ2v) is 9.72. The van der Waals surface area contributed by atoms with Crippen molar-refractivity contribution < 1.29 is 27.9 Å². The highest BCUT2D eigenvalue weighted by atomic mass is 19.4. The predicted molar refractivity (Wildman–Crippen MR) is 148 cm³/mol. The Hall–Kier alpha value is -4.66. The first-order valence-corrected chi connectivity index (χ1v) is 13.2. The van der Waals surface area contributed by atoms with Crippen molar-refractivity contribution in [3.63, 3.8) is 0 Å². The highest BCUT2D eigenvalue weighted by Gasteiger charge is 2.38. The molecule has 0 radical (unpaired) electrons. The fourth-order valence-corrected chi connectivity index (χ4v) is 4.92. The Morgan fingerprint density at radius 2 is 1.88 bits per heavy atom. The number of aliphatic carboxylic acids is 1. The molecule has 2 aliphatic rings. The van der Waals surface area contributed by atoms with Crippen LogP contribution in [0.3, 0.4) is 0 Å². The summed E-state index contributed by atoms with van der Waals surface area (Å²) in [6.07, 6.45) is 7.08. The summed E-state index contributed by atoms with van der Waals surface area (Å²) in [5.74, 6) is -1.14. The van der Waals surface area contributed by atoms with Gasteiger partial charge < -0.3 is 20.2 Å². The van der Waals surface area contributed by atoms with E-state index in [2.05, 4.69) is 54.3 Å². The van der Waals surface area contributed by atoms with Gasteiger partial charge in [0.2, 0.25) is 5.82 Å². The van der Waals surface area contributed by atoms with Crippen LogP contribution in [-0.2, 0) is 4.79 Å². The number of rotatable bonds is 5. The number of hydrogen-bond acceptors (Lipinski definition) is 5. The largest absolute Gasteiger partial charge is 0.490 e. The summed E-state index contributed by atoms with van der Waals surface area (Å²) in [6, 6.07) is 12.5. The number of carbonyl (C=O) groups excluding carboxylic acids is 1. The highest BCUT2D eigenvalue weighted by molar-refractivity contribution is 6.03. The number of carboxylic acids is 1. The molecule has 1 fully saturated rings. The molecule has 2 aromatic heterocycles. The molecule has 1 aromatic carbocycles. The first-order chi connectivity index (χ1) is 19.7. The lowest BCUT2D eigenvalue weighted by Crippen LogP contribution is -2.33. The molecule has 0 atom stereocenters. The van der Waals surface area contributed by atoms with Gasteiger partial charge in [-0.1, -0.05) is 24.8 Å². The smallest absolute Gasteiger partial charge is 0.475 e. The zero-order valence-corrected chi connectivity index (χ0v) is 22.1. The summed E-state index contributed by atoms with van der Waals surface area (Å²) in [5.41, 5.74) is 4.53. The van der Waals surface area contributed by atoms with Gasteiger partial charge in [0, 0.05) is 30.5 Å². The molecule has 0 unspecified atom stereocenters. The van der Waals surface area contributed by atoms with Crippen molar-refractivity contribution in [2.45, 2.75) is 50.6 Å². The standard InChI is InChI=1S/C27H28N6O.C2HF3O2/c1-28-24-18-30-26(32-24)27(34)31-23-11-10-21(17-22(23)20-7-3-2-4-8-20)19-12-15-33(16-13-19)25-9-5-6-14-29-25;3-2(4,5)1(6)7/h5-7,9-11,14,17-19H,2-4,8,12-13,15-16H2,(H,30,32)(H,31,34);(H,6,7). The Labute approximate surface area is 234 Å². The third-order valence-electron chi connectivity index (χ3n) is 7.01. The van der Waals surface area contributed by atoms with Crippen molar-refractivity contribution in [1.82, 2.24) is 15.0 Å². The average molecular weight is 567 g/mol. The van der Waals surface area contributed by atoms with Gasteiger partial charge in [-0.3, -0.25) is 9.78 Å². The van der Waals surface area contributed by atoms with Crippen LogP contribution in [0, 0.1) is 6.57 Å². The number of hydrogen-bond donors (Lipinski definition) is 3. The Bertz CT molecular complexity index is 1440. The first-order valence-electron chi connectivity index (χ1n) is 13.2. The number of allylic oxidation sites excluding steroid dienone is 2. The Kier molecular flexibility index (Phi) is 9.39. The minimum absolute atomic E-state index is 0.153. The van der Waals surface area contributed by atoms with Gasteiger partial charge in [0.05, 0.1) is 6.20 Å². The van der Waals surface area contributed by atoms with Gasteiger partial charge >= 0.3 is 18.1 Å². The summed E-state index contributed by atoms with van der Waals surface area (Å²) < 4.78 is 31.7. The molecule has 9 nitrogen and oxygen atoms in total. The number of nitrogens with zero attached hydrogens (tertiary/aromatic N) is 4. The van der Waals surface area contributed by atoms with Crippen molar-refractivity contribution in [2.75, 3.05) is 23.3 Å². The van der Waals surface area contributed by atoms with Crippen LogP contribution < -0.4 is 10.2 Å². The third-order valence-corrected chi connectivity index (χ3v) is 7.01. The van der Waals surface area contributed by atoms with Crippen LogP contribution in [0.4, 0.5) is 30.5 Å². The van der Waals surface area contributed by atoms with Gasteiger partial charge in [0.25, 0.3) is 5.82 Å².